The molecule has 1 spiro atoms. The fraction of sp³-hybridized carbons (Fsp3) is 0.750. The summed E-state index contributed by atoms with van der Waals surface area (Å²) in [6, 6.07) is 2.48. The van der Waals surface area contributed by atoms with Gasteiger partial charge in [0.2, 0.25) is 6.43 Å². The van der Waals surface area contributed by atoms with Crippen LogP contribution in [0.2, 0.25) is 0 Å². The van der Waals surface area contributed by atoms with Crippen molar-refractivity contribution in [2.24, 2.45) is 0 Å². The summed E-state index contributed by atoms with van der Waals surface area (Å²) in [7, 11) is 0. The average Bonchev–Trinajstić information content (AvgIpc) is 2.82. The maximum absolute atomic E-state index is 12.6. The van der Waals surface area contributed by atoms with E-state index in [1.165, 1.54) is 10.4 Å². The number of nitrogens with zero attached hydrogens (tertiary/aromatic N) is 1. The smallest absolute Gasteiger partial charge is 0.243 e. The van der Waals surface area contributed by atoms with Crippen LogP contribution in [0.15, 0.2) is 6.07 Å². The lowest BCUT2D eigenvalue weighted by atomic mass is 9.82. The van der Waals surface area contributed by atoms with E-state index in [0.29, 0.717) is 6.04 Å². The molecule has 1 saturated heterocycles. The summed E-state index contributed by atoms with van der Waals surface area (Å²) in [5.74, 6) is 0. The minimum atomic E-state index is -2.26. The fourth-order valence-electron chi connectivity index (χ4n) is 3.79. The molecule has 2 atom stereocenters. The summed E-state index contributed by atoms with van der Waals surface area (Å²) in [5.41, 5.74) is 1.03. The Labute approximate surface area is 129 Å². The van der Waals surface area contributed by atoms with E-state index in [2.05, 4.69) is 18.7 Å². The number of ether oxygens (including phenoxy) is 1. The largest absolute Gasteiger partial charge is 0.369 e. The summed E-state index contributed by atoms with van der Waals surface area (Å²) in [6.07, 6.45) is 0.436. The molecule has 0 unspecified atom stereocenters. The van der Waals surface area contributed by atoms with Gasteiger partial charge >= 0.3 is 0 Å². The Kier molecular flexibility index (Phi) is 4.35. The first-order valence-electron chi connectivity index (χ1n) is 7.82. The van der Waals surface area contributed by atoms with Gasteiger partial charge in [-0.2, -0.15) is 0 Å². The Morgan fingerprint density at radius 1 is 1.52 bits per heavy atom. The van der Waals surface area contributed by atoms with Crippen LogP contribution in [-0.2, 0) is 23.2 Å². The van der Waals surface area contributed by atoms with Gasteiger partial charge in [0.05, 0.1) is 6.61 Å². The third-order valence-corrected chi connectivity index (χ3v) is 6.22. The third kappa shape index (κ3) is 2.88. The normalized spacial score (nSPS) is 30.0. The van der Waals surface area contributed by atoms with E-state index in [9.17, 15) is 8.78 Å². The average molecular weight is 315 g/mol. The van der Waals surface area contributed by atoms with Crippen molar-refractivity contribution in [3.05, 3.63) is 21.4 Å². The third-order valence-electron chi connectivity index (χ3n) is 4.84. The van der Waals surface area contributed by atoms with Crippen molar-refractivity contribution in [3.8, 4) is 0 Å². The molecule has 0 N–H and O–H groups in total. The zero-order chi connectivity index (χ0) is 15.0. The first-order chi connectivity index (χ1) is 10.0. The molecule has 0 radical (unpaired) electrons. The maximum atomic E-state index is 12.6. The summed E-state index contributed by atoms with van der Waals surface area (Å²) < 4.78 is 31.5. The number of likely N-dealkylation sites (tertiary alicyclic amines) is 1. The molecule has 5 heteroatoms. The molecule has 0 aromatic carbocycles. The molecule has 3 rings (SSSR count). The van der Waals surface area contributed by atoms with Crippen molar-refractivity contribution in [2.45, 2.75) is 57.6 Å². The van der Waals surface area contributed by atoms with Crippen LogP contribution >= 0.6 is 11.3 Å². The van der Waals surface area contributed by atoms with Crippen molar-refractivity contribution >= 4 is 11.3 Å². The summed E-state index contributed by atoms with van der Waals surface area (Å²) in [5, 5.41) is 0. The first-order valence-corrected chi connectivity index (χ1v) is 8.64. The van der Waals surface area contributed by atoms with Gasteiger partial charge in [-0.15, -0.1) is 11.3 Å². The fourth-order valence-corrected chi connectivity index (χ4v) is 5.19. The Balaban J connectivity index is 1.88. The number of hydrogen-bond donors (Lipinski definition) is 0. The number of rotatable bonds is 3. The predicted molar refractivity (Wildman–Crippen MR) is 81.3 cm³/mol. The Bertz CT molecular complexity index is 504. The zero-order valence-electron chi connectivity index (χ0n) is 12.7. The van der Waals surface area contributed by atoms with Gasteiger partial charge in [-0.1, -0.05) is 6.92 Å². The maximum Gasteiger partial charge on any atom is 0.243 e. The second kappa shape index (κ2) is 5.94. The van der Waals surface area contributed by atoms with Gasteiger partial charge in [0.15, 0.2) is 0 Å². The number of thiophene rings is 1. The molecular formula is C16H23F2NOS. The molecule has 0 saturated carbocycles. The molecule has 2 aliphatic rings. The van der Waals surface area contributed by atoms with Gasteiger partial charge in [-0.25, -0.2) is 8.78 Å². The van der Waals surface area contributed by atoms with Crippen molar-refractivity contribution in [1.29, 1.82) is 0 Å². The molecule has 1 fully saturated rings. The van der Waals surface area contributed by atoms with Gasteiger partial charge in [0.1, 0.15) is 5.60 Å². The predicted octanol–water partition coefficient (Wildman–Crippen LogP) is 3.83. The van der Waals surface area contributed by atoms with Gasteiger partial charge < -0.3 is 9.64 Å². The number of piperidine rings is 1. The highest BCUT2D eigenvalue weighted by molar-refractivity contribution is 7.12. The van der Waals surface area contributed by atoms with Gasteiger partial charge in [-0.3, -0.25) is 0 Å². The lowest BCUT2D eigenvalue weighted by molar-refractivity contribution is -0.108. The van der Waals surface area contributed by atoms with Gasteiger partial charge in [-0.05, 0) is 44.4 Å². The van der Waals surface area contributed by atoms with Crippen molar-refractivity contribution in [3.63, 3.8) is 0 Å². The summed E-state index contributed by atoms with van der Waals surface area (Å²) in [4.78, 5) is 4.51. The summed E-state index contributed by atoms with van der Waals surface area (Å²) in [6.45, 7) is 7.24. The van der Waals surface area contributed by atoms with Crippen LogP contribution in [0.1, 0.15) is 42.0 Å². The zero-order valence-corrected chi connectivity index (χ0v) is 13.5. The van der Waals surface area contributed by atoms with E-state index in [4.69, 9.17) is 4.74 Å². The van der Waals surface area contributed by atoms with Crippen LogP contribution in [0.25, 0.3) is 0 Å². The second-order valence-corrected chi connectivity index (χ2v) is 7.32. The van der Waals surface area contributed by atoms with Crippen molar-refractivity contribution in [2.75, 3.05) is 19.7 Å². The van der Waals surface area contributed by atoms with Crippen LogP contribution in [0, 0.1) is 0 Å². The molecule has 21 heavy (non-hydrogen) atoms. The molecular weight excluding hydrogens is 292 g/mol. The monoisotopic (exact) mass is 315 g/mol. The summed E-state index contributed by atoms with van der Waals surface area (Å²) >= 11 is 1.56. The highest BCUT2D eigenvalue weighted by atomic mass is 32.1. The molecule has 0 amide bonds. The number of fused-ring (bicyclic) bond motifs is 2. The van der Waals surface area contributed by atoms with Gasteiger partial charge in [0.25, 0.3) is 0 Å². The van der Waals surface area contributed by atoms with E-state index >= 15 is 0 Å². The molecule has 0 aliphatic carbocycles. The molecule has 1 aromatic rings. The van der Waals surface area contributed by atoms with Crippen LogP contribution in [0.3, 0.4) is 0 Å². The number of halogens is 2. The van der Waals surface area contributed by atoms with E-state index in [-0.39, 0.29) is 12.0 Å². The van der Waals surface area contributed by atoms with Crippen LogP contribution < -0.4 is 0 Å². The van der Waals surface area contributed by atoms with Crippen LogP contribution in [-0.4, -0.2) is 37.1 Å². The standard InChI is InChI=1S/C16H23F2NOS/c1-3-19-6-5-16(10-11(19)2)15-12(4-7-20-16)8-13(21-15)9-14(17)18/h8,11,14H,3-7,9-10H2,1-2H3/t11-,16+/m0/s1. The first kappa shape index (κ1) is 15.4. The molecule has 1 aromatic heterocycles. The van der Waals surface area contributed by atoms with Crippen LogP contribution in [0.5, 0.6) is 0 Å². The number of hydrogen-bond acceptors (Lipinski definition) is 3. The van der Waals surface area contributed by atoms with E-state index < -0.39 is 6.43 Å². The van der Waals surface area contributed by atoms with Crippen molar-refractivity contribution < 1.29 is 13.5 Å². The highest BCUT2D eigenvalue weighted by Gasteiger charge is 2.44. The Morgan fingerprint density at radius 3 is 3.00 bits per heavy atom. The molecule has 2 nitrogen and oxygen atoms in total. The SMILES string of the molecule is CCN1CC[C@]2(C[C@@H]1C)OCCc1cc(CC(F)F)sc12. The Hall–Kier alpha value is -0.520. The number of alkyl halides is 2. The Morgan fingerprint density at radius 2 is 2.33 bits per heavy atom. The second-order valence-electron chi connectivity index (χ2n) is 6.19. The van der Waals surface area contributed by atoms with E-state index in [1.807, 2.05) is 6.07 Å². The minimum Gasteiger partial charge on any atom is -0.369 e. The molecule has 3 heterocycles. The molecule has 118 valence electrons. The minimum absolute atomic E-state index is 0.121. The van der Waals surface area contributed by atoms with E-state index in [0.717, 1.165) is 43.8 Å². The van der Waals surface area contributed by atoms with E-state index in [1.54, 1.807) is 11.3 Å². The van der Waals surface area contributed by atoms with Gasteiger partial charge in [0, 0.05) is 28.8 Å². The molecule has 2 aliphatic heterocycles. The molecule has 0 bridgehead atoms. The lowest BCUT2D eigenvalue weighted by Gasteiger charge is -2.46. The lowest BCUT2D eigenvalue weighted by Crippen LogP contribution is -2.50. The topological polar surface area (TPSA) is 12.5 Å². The van der Waals surface area contributed by atoms with Crippen LogP contribution in [0.4, 0.5) is 8.78 Å². The highest BCUT2D eigenvalue weighted by Crippen LogP contribution is 2.47. The quantitative estimate of drug-likeness (QED) is 0.840. The van der Waals surface area contributed by atoms with Crippen molar-refractivity contribution in [1.82, 2.24) is 4.90 Å².